The lowest BCUT2D eigenvalue weighted by Crippen LogP contribution is -2.53. The standard InChI is InChI=1S/C24H32N2O2S2/c1-14(23(28)26-9-4-5-10-26)17-6-8-24(3)12-18-20(15(2)19(24)21(17)27)25-22(30-18)16-7-11-29-13-16/h7,11,13-15,17,19,21,27H,4-6,8-10,12H2,1-3H3. The molecule has 1 aliphatic heterocycles. The Labute approximate surface area is 187 Å². The van der Waals surface area contributed by atoms with Crippen LogP contribution in [0.15, 0.2) is 16.8 Å². The van der Waals surface area contributed by atoms with E-state index in [2.05, 4.69) is 30.7 Å². The summed E-state index contributed by atoms with van der Waals surface area (Å²) in [6, 6.07) is 2.14. The zero-order valence-electron chi connectivity index (χ0n) is 18.1. The first-order valence-corrected chi connectivity index (χ1v) is 13.1. The van der Waals surface area contributed by atoms with Crippen molar-refractivity contribution in [3.8, 4) is 10.6 Å². The maximum Gasteiger partial charge on any atom is 0.225 e. The summed E-state index contributed by atoms with van der Waals surface area (Å²) in [5.74, 6) is 0.574. The van der Waals surface area contributed by atoms with Crippen LogP contribution >= 0.6 is 22.7 Å². The largest absolute Gasteiger partial charge is 0.392 e. The first-order chi connectivity index (χ1) is 14.4. The minimum Gasteiger partial charge on any atom is -0.392 e. The van der Waals surface area contributed by atoms with Crippen LogP contribution in [-0.4, -0.2) is 40.1 Å². The number of aromatic nitrogens is 1. The van der Waals surface area contributed by atoms with E-state index in [-0.39, 0.29) is 35.0 Å². The fraction of sp³-hybridized carbons (Fsp3) is 0.667. The molecule has 2 aromatic heterocycles. The van der Waals surface area contributed by atoms with Gasteiger partial charge in [-0.3, -0.25) is 4.79 Å². The molecular weight excluding hydrogens is 412 g/mol. The van der Waals surface area contributed by atoms with Crippen molar-refractivity contribution < 1.29 is 9.90 Å². The van der Waals surface area contributed by atoms with Gasteiger partial charge in [0.2, 0.25) is 5.91 Å². The molecule has 3 aliphatic rings. The number of thiophene rings is 1. The Hall–Kier alpha value is -1.24. The highest BCUT2D eigenvalue weighted by Crippen LogP contribution is 2.57. The number of likely N-dealkylation sites (tertiary alicyclic amines) is 1. The van der Waals surface area contributed by atoms with Gasteiger partial charge in [0.05, 0.1) is 11.8 Å². The van der Waals surface area contributed by atoms with Crippen molar-refractivity contribution in [2.24, 2.45) is 23.2 Å². The lowest BCUT2D eigenvalue weighted by atomic mass is 9.53. The van der Waals surface area contributed by atoms with E-state index < -0.39 is 6.10 Å². The fourth-order valence-electron chi connectivity index (χ4n) is 6.46. The number of fused-ring (bicyclic) bond motifs is 2. The predicted octanol–water partition coefficient (Wildman–Crippen LogP) is 5.18. The summed E-state index contributed by atoms with van der Waals surface area (Å²) in [5, 5.41) is 17.0. The molecule has 0 aromatic carbocycles. The number of rotatable bonds is 3. The average molecular weight is 445 g/mol. The SMILES string of the molecule is CC(C(=O)N1CCCC1)C1CCC2(C)Cc3sc(-c4ccsc4)nc3C(C)C2C1O. The zero-order valence-corrected chi connectivity index (χ0v) is 19.8. The van der Waals surface area contributed by atoms with Crippen molar-refractivity contribution in [1.29, 1.82) is 0 Å². The number of hydrogen-bond acceptors (Lipinski definition) is 5. The molecule has 0 spiro atoms. The molecule has 1 amide bonds. The van der Waals surface area contributed by atoms with E-state index in [0.717, 1.165) is 50.2 Å². The van der Waals surface area contributed by atoms with E-state index in [0.29, 0.717) is 0 Å². The highest BCUT2D eigenvalue weighted by atomic mass is 32.1. The number of carbonyl (C=O) groups excluding carboxylic acids is 1. The molecule has 6 heteroatoms. The normalized spacial score (nSPS) is 34.5. The van der Waals surface area contributed by atoms with E-state index >= 15 is 0 Å². The van der Waals surface area contributed by atoms with Crippen LogP contribution < -0.4 is 0 Å². The molecule has 0 radical (unpaired) electrons. The molecule has 1 saturated carbocycles. The van der Waals surface area contributed by atoms with Gasteiger partial charge >= 0.3 is 0 Å². The Morgan fingerprint density at radius 3 is 2.83 bits per heavy atom. The summed E-state index contributed by atoms with van der Waals surface area (Å²) in [4.78, 5) is 21.5. The van der Waals surface area contributed by atoms with Crippen molar-refractivity contribution in [2.45, 2.75) is 64.9 Å². The summed E-state index contributed by atoms with van der Waals surface area (Å²) < 4.78 is 0. The van der Waals surface area contributed by atoms with Crippen LogP contribution in [0.4, 0.5) is 0 Å². The summed E-state index contributed by atoms with van der Waals surface area (Å²) in [7, 11) is 0. The van der Waals surface area contributed by atoms with Crippen LogP contribution in [-0.2, 0) is 11.2 Å². The lowest BCUT2D eigenvalue weighted by molar-refractivity contribution is -0.143. The number of nitrogens with zero attached hydrogens (tertiary/aromatic N) is 2. The number of thiazole rings is 1. The number of hydrogen-bond donors (Lipinski definition) is 1. The highest BCUT2D eigenvalue weighted by Gasteiger charge is 2.54. The van der Waals surface area contributed by atoms with Gasteiger partial charge in [0.1, 0.15) is 5.01 Å². The van der Waals surface area contributed by atoms with Crippen LogP contribution in [0.3, 0.4) is 0 Å². The molecule has 4 nitrogen and oxygen atoms in total. The molecule has 162 valence electrons. The number of aliphatic hydroxyl groups is 1. The van der Waals surface area contributed by atoms with Crippen LogP contribution in [0.25, 0.3) is 10.6 Å². The molecule has 0 bridgehead atoms. The van der Waals surface area contributed by atoms with Gasteiger partial charge in [-0.1, -0.05) is 20.8 Å². The monoisotopic (exact) mass is 444 g/mol. The minimum atomic E-state index is -0.445. The maximum absolute atomic E-state index is 13.0. The lowest BCUT2D eigenvalue weighted by Gasteiger charge is -2.53. The molecule has 2 aromatic rings. The Morgan fingerprint density at radius 2 is 2.13 bits per heavy atom. The molecule has 5 rings (SSSR count). The quantitative estimate of drug-likeness (QED) is 0.709. The number of amides is 1. The molecule has 2 fully saturated rings. The van der Waals surface area contributed by atoms with Crippen molar-refractivity contribution in [2.75, 3.05) is 13.1 Å². The van der Waals surface area contributed by atoms with E-state index in [1.807, 2.05) is 23.2 Å². The number of aliphatic hydroxyl groups excluding tert-OH is 1. The van der Waals surface area contributed by atoms with Gasteiger partial charge in [0.25, 0.3) is 0 Å². The summed E-state index contributed by atoms with van der Waals surface area (Å²) in [6.07, 6.45) is 4.79. The molecule has 6 atom stereocenters. The third-order valence-corrected chi connectivity index (χ3v) is 9.94. The summed E-state index contributed by atoms with van der Waals surface area (Å²) in [6.45, 7) is 8.42. The van der Waals surface area contributed by atoms with Gasteiger partial charge in [-0.25, -0.2) is 4.98 Å². The van der Waals surface area contributed by atoms with Crippen LogP contribution in [0.2, 0.25) is 0 Å². The Bertz CT molecular complexity index is 918. The summed E-state index contributed by atoms with van der Waals surface area (Å²) >= 11 is 3.54. The second kappa shape index (κ2) is 7.72. The van der Waals surface area contributed by atoms with Gasteiger partial charge in [-0.05, 0) is 60.8 Å². The molecule has 1 saturated heterocycles. The van der Waals surface area contributed by atoms with Crippen molar-refractivity contribution in [1.82, 2.24) is 9.88 Å². The third-order valence-electron chi connectivity index (χ3n) is 8.14. The maximum atomic E-state index is 13.0. The smallest absolute Gasteiger partial charge is 0.225 e. The second-order valence-electron chi connectivity index (χ2n) is 10.00. The molecule has 30 heavy (non-hydrogen) atoms. The first kappa shape index (κ1) is 20.7. The minimum absolute atomic E-state index is 0.0511. The average Bonchev–Trinajstić information content (AvgIpc) is 3.46. The van der Waals surface area contributed by atoms with Crippen molar-refractivity contribution in [3.63, 3.8) is 0 Å². The Morgan fingerprint density at radius 1 is 1.37 bits per heavy atom. The van der Waals surface area contributed by atoms with Gasteiger partial charge in [0.15, 0.2) is 0 Å². The van der Waals surface area contributed by atoms with Crippen LogP contribution in [0.5, 0.6) is 0 Å². The Kier molecular flexibility index (Phi) is 5.31. The van der Waals surface area contributed by atoms with E-state index in [1.54, 1.807) is 11.3 Å². The number of carbonyl (C=O) groups is 1. The second-order valence-corrected chi connectivity index (χ2v) is 11.9. The predicted molar refractivity (Wildman–Crippen MR) is 123 cm³/mol. The van der Waals surface area contributed by atoms with Crippen molar-refractivity contribution in [3.05, 3.63) is 27.4 Å². The summed E-state index contributed by atoms with van der Waals surface area (Å²) in [5.41, 5.74) is 2.47. The van der Waals surface area contributed by atoms with E-state index in [1.165, 1.54) is 16.1 Å². The molecule has 3 heterocycles. The molecule has 2 aliphatic carbocycles. The Balaban J connectivity index is 1.42. The molecular formula is C24H32N2O2S2. The zero-order chi connectivity index (χ0) is 21.0. The topological polar surface area (TPSA) is 53.4 Å². The van der Waals surface area contributed by atoms with Gasteiger partial charge in [-0.15, -0.1) is 11.3 Å². The third kappa shape index (κ3) is 3.26. The fourth-order valence-corrected chi connectivity index (χ4v) is 8.54. The highest BCUT2D eigenvalue weighted by molar-refractivity contribution is 7.15. The first-order valence-electron chi connectivity index (χ1n) is 11.4. The van der Waals surface area contributed by atoms with Crippen molar-refractivity contribution >= 4 is 28.6 Å². The van der Waals surface area contributed by atoms with Gasteiger partial charge in [0, 0.05) is 40.7 Å². The van der Waals surface area contributed by atoms with Gasteiger partial charge < -0.3 is 10.0 Å². The van der Waals surface area contributed by atoms with E-state index in [4.69, 9.17) is 4.98 Å². The van der Waals surface area contributed by atoms with Gasteiger partial charge in [-0.2, -0.15) is 11.3 Å². The van der Waals surface area contributed by atoms with Crippen LogP contribution in [0.1, 0.15) is 62.9 Å². The van der Waals surface area contributed by atoms with E-state index in [9.17, 15) is 9.90 Å². The molecule has 6 unspecified atom stereocenters. The van der Waals surface area contributed by atoms with Crippen LogP contribution in [0, 0.1) is 23.2 Å². The molecule has 1 N–H and O–H groups in total.